The zero-order chi connectivity index (χ0) is 15.2. The number of non-ortho nitro benzene ring substituents is 1. The van der Waals surface area contributed by atoms with Gasteiger partial charge in [0.1, 0.15) is 0 Å². The van der Waals surface area contributed by atoms with Gasteiger partial charge in [0.15, 0.2) is 0 Å². The predicted octanol–water partition coefficient (Wildman–Crippen LogP) is 3.01. The lowest BCUT2D eigenvalue weighted by molar-refractivity contribution is -0.384. The molecule has 0 saturated carbocycles. The van der Waals surface area contributed by atoms with Crippen LogP contribution in [-0.2, 0) is 0 Å². The Labute approximate surface area is 125 Å². The number of nitrogens with one attached hydrogen (secondary N) is 1. The van der Waals surface area contributed by atoms with E-state index in [9.17, 15) is 14.9 Å². The fraction of sp³-hybridized carbons (Fsp3) is 0. The summed E-state index contributed by atoms with van der Waals surface area (Å²) in [5.74, 6) is -0.465. The molecule has 0 radical (unpaired) electrons. The van der Waals surface area contributed by atoms with Gasteiger partial charge in [-0.3, -0.25) is 14.9 Å². The van der Waals surface area contributed by atoms with Gasteiger partial charge in [-0.2, -0.15) is 5.10 Å². The monoisotopic (exact) mass is 303 g/mol. The second-order valence-corrected chi connectivity index (χ2v) is 4.43. The van der Waals surface area contributed by atoms with Crippen LogP contribution in [0.4, 0.5) is 5.69 Å². The maximum Gasteiger partial charge on any atom is 0.271 e. The van der Waals surface area contributed by atoms with Crippen molar-refractivity contribution < 1.29 is 9.72 Å². The van der Waals surface area contributed by atoms with Crippen LogP contribution >= 0.6 is 11.6 Å². The van der Waals surface area contributed by atoms with Crippen molar-refractivity contribution >= 4 is 29.4 Å². The third-order valence-corrected chi connectivity index (χ3v) is 2.96. The zero-order valence-corrected chi connectivity index (χ0v) is 11.4. The number of carbonyl (C=O) groups excluding carboxylic acids is 1. The van der Waals surface area contributed by atoms with E-state index in [2.05, 4.69) is 10.5 Å². The number of halogens is 1. The Kier molecular flexibility index (Phi) is 4.63. The van der Waals surface area contributed by atoms with Gasteiger partial charge in [-0.25, -0.2) is 5.43 Å². The molecule has 0 aliphatic heterocycles. The number of carbonyl (C=O) groups is 1. The molecule has 0 fully saturated rings. The van der Waals surface area contributed by atoms with Crippen LogP contribution in [0.15, 0.2) is 53.6 Å². The van der Waals surface area contributed by atoms with Crippen LogP contribution in [0.2, 0.25) is 5.02 Å². The highest BCUT2D eigenvalue weighted by atomic mass is 35.5. The summed E-state index contributed by atoms with van der Waals surface area (Å²) in [5, 5.41) is 14.8. The molecule has 0 atom stereocenters. The molecular weight excluding hydrogens is 294 g/mol. The van der Waals surface area contributed by atoms with E-state index in [1.54, 1.807) is 24.3 Å². The van der Waals surface area contributed by atoms with Gasteiger partial charge < -0.3 is 0 Å². The number of nitro benzene ring substituents is 1. The predicted molar refractivity (Wildman–Crippen MR) is 79.6 cm³/mol. The molecule has 0 bridgehead atoms. The van der Waals surface area contributed by atoms with Crippen molar-refractivity contribution in [3.8, 4) is 0 Å². The number of rotatable bonds is 4. The average Bonchev–Trinajstić information content (AvgIpc) is 2.49. The molecule has 1 N–H and O–H groups in total. The number of hydrazone groups is 1. The third-order valence-electron chi connectivity index (χ3n) is 2.62. The van der Waals surface area contributed by atoms with Crippen molar-refractivity contribution in [1.29, 1.82) is 0 Å². The Bertz CT molecular complexity index is 699. The van der Waals surface area contributed by atoms with E-state index in [4.69, 9.17) is 11.6 Å². The van der Waals surface area contributed by atoms with E-state index >= 15 is 0 Å². The lowest BCUT2D eigenvalue weighted by Gasteiger charge is -2.00. The molecule has 2 aromatic carbocycles. The fourth-order valence-electron chi connectivity index (χ4n) is 1.54. The van der Waals surface area contributed by atoms with E-state index < -0.39 is 10.8 Å². The molecule has 2 aromatic rings. The summed E-state index contributed by atoms with van der Waals surface area (Å²) in [6.45, 7) is 0. The maximum absolute atomic E-state index is 11.8. The number of hydrogen-bond acceptors (Lipinski definition) is 4. The molecule has 0 heterocycles. The fourth-order valence-corrected chi connectivity index (χ4v) is 1.72. The zero-order valence-electron chi connectivity index (χ0n) is 10.7. The molecule has 0 aliphatic carbocycles. The number of nitro groups is 1. The first-order valence-electron chi connectivity index (χ1n) is 5.90. The number of hydrogen-bond donors (Lipinski definition) is 1. The molecule has 7 heteroatoms. The van der Waals surface area contributed by atoms with Crippen LogP contribution < -0.4 is 5.43 Å². The van der Waals surface area contributed by atoms with Gasteiger partial charge in [-0.05, 0) is 18.2 Å². The summed E-state index contributed by atoms with van der Waals surface area (Å²) < 4.78 is 0. The summed E-state index contributed by atoms with van der Waals surface area (Å²) >= 11 is 5.94. The van der Waals surface area contributed by atoms with Crippen molar-refractivity contribution in [3.05, 3.63) is 74.8 Å². The Hall–Kier alpha value is -2.73. The van der Waals surface area contributed by atoms with Gasteiger partial charge in [-0.1, -0.05) is 29.8 Å². The first-order chi connectivity index (χ1) is 10.1. The topological polar surface area (TPSA) is 84.6 Å². The number of nitrogens with zero attached hydrogens (tertiary/aromatic N) is 2. The van der Waals surface area contributed by atoms with Crippen molar-refractivity contribution in [3.63, 3.8) is 0 Å². The standard InChI is InChI=1S/C14H10ClN3O3/c15-13-4-2-1-3-11(13)9-16-17-14(19)10-5-7-12(8-6-10)18(20)21/h1-9H,(H,17,19)/b16-9+. The van der Waals surface area contributed by atoms with Crippen LogP contribution in [0.1, 0.15) is 15.9 Å². The highest BCUT2D eigenvalue weighted by Gasteiger charge is 2.08. The third kappa shape index (κ3) is 3.87. The van der Waals surface area contributed by atoms with Crippen LogP contribution in [0.25, 0.3) is 0 Å². The van der Waals surface area contributed by atoms with Gasteiger partial charge in [0.05, 0.1) is 11.1 Å². The van der Waals surface area contributed by atoms with Crippen molar-refractivity contribution in [2.75, 3.05) is 0 Å². The van der Waals surface area contributed by atoms with Crippen LogP contribution in [0.5, 0.6) is 0 Å². The molecule has 0 saturated heterocycles. The minimum atomic E-state index is -0.531. The summed E-state index contributed by atoms with van der Waals surface area (Å²) in [5.41, 5.74) is 3.19. The SMILES string of the molecule is O=C(N/N=C/c1ccccc1Cl)c1ccc([N+](=O)[O-])cc1. The molecule has 1 amide bonds. The minimum absolute atomic E-state index is 0.0777. The average molecular weight is 304 g/mol. The van der Waals surface area contributed by atoms with Gasteiger partial charge in [0.25, 0.3) is 11.6 Å². The normalized spacial score (nSPS) is 10.5. The molecular formula is C14H10ClN3O3. The first kappa shape index (κ1) is 14.7. The van der Waals surface area contributed by atoms with Crippen LogP contribution in [0, 0.1) is 10.1 Å². The van der Waals surface area contributed by atoms with Crippen LogP contribution in [-0.4, -0.2) is 17.0 Å². The van der Waals surface area contributed by atoms with Crippen molar-refractivity contribution in [1.82, 2.24) is 5.43 Å². The Balaban J connectivity index is 2.02. The lowest BCUT2D eigenvalue weighted by atomic mass is 10.2. The second-order valence-electron chi connectivity index (χ2n) is 4.02. The number of benzene rings is 2. The Morgan fingerprint density at radius 1 is 1.19 bits per heavy atom. The second kappa shape index (κ2) is 6.62. The highest BCUT2D eigenvalue weighted by molar-refractivity contribution is 6.33. The van der Waals surface area contributed by atoms with Gasteiger partial charge in [0.2, 0.25) is 0 Å². The van der Waals surface area contributed by atoms with E-state index in [1.807, 2.05) is 0 Å². The number of amides is 1. The summed E-state index contributed by atoms with van der Waals surface area (Å²) in [7, 11) is 0. The minimum Gasteiger partial charge on any atom is -0.267 e. The van der Waals surface area contributed by atoms with E-state index in [0.29, 0.717) is 10.6 Å². The quantitative estimate of drug-likeness (QED) is 0.535. The van der Waals surface area contributed by atoms with E-state index in [0.717, 1.165) is 0 Å². The van der Waals surface area contributed by atoms with E-state index in [-0.39, 0.29) is 11.3 Å². The molecule has 6 nitrogen and oxygen atoms in total. The molecule has 0 aromatic heterocycles. The first-order valence-corrected chi connectivity index (χ1v) is 6.28. The Morgan fingerprint density at radius 2 is 1.86 bits per heavy atom. The smallest absolute Gasteiger partial charge is 0.267 e. The molecule has 21 heavy (non-hydrogen) atoms. The Morgan fingerprint density at radius 3 is 2.48 bits per heavy atom. The van der Waals surface area contributed by atoms with Gasteiger partial charge in [-0.15, -0.1) is 0 Å². The maximum atomic E-state index is 11.8. The molecule has 106 valence electrons. The molecule has 0 aliphatic rings. The highest BCUT2D eigenvalue weighted by Crippen LogP contribution is 2.13. The molecule has 0 unspecified atom stereocenters. The largest absolute Gasteiger partial charge is 0.271 e. The van der Waals surface area contributed by atoms with Crippen LogP contribution in [0.3, 0.4) is 0 Å². The summed E-state index contributed by atoms with van der Waals surface area (Å²) in [6, 6.07) is 12.3. The molecule has 2 rings (SSSR count). The lowest BCUT2D eigenvalue weighted by Crippen LogP contribution is -2.17. The summed E-state index contributed by atoms with van der Waals surface area (Å²) in [6.07, 6.45) is 1.42. The summed E-state index contributed by atoms with van der Waals surface area (Å²) in [4.78, 5) is 21.8. The van der Waals surface area contributed by atoms with Gasteiger partial charge in [0, 0.05) is 28.3 Å². The van der Waals surface area contributed by atoms with E-state index in [1.165, 1.54) is 30.5 Å². The van der Waals surface area contributed by atoms with Crippen molar-refractivity contribution in [2.24, 2.45) is 5.10 Å². The molecule has 0 spiro atoms. The van der Waals surface area contributed by atoms with Gasteiger partial charge >= 0.3 is 0 Å². The van der Waals surface area contributed by atoms with Crippen molar-refractivity contribution in [2.45, 2.75) is 0 Å².